The molecule has 2 heterocycles. The third kappa shape index (κ3) is 6.96. The highest BCUT2D eigenvalue weighted by Crippen LogP contribution is 2.30. The lowest BCUT2D eigenvalue weighted by Crippen LogP contribution is -2.34. The van der Waals surface area contributed by atoms with Gasteiger partial charge in [-0.3, -0.25) is 4.72 Å². The van der Waals surface area contributed by atoms with E-state index in [4.69, 9.17) is 11.6 Å². The van der Waals surface area contributed by atoms with Crippen LogP contribution >= 0.6 is 22.9 Å². The molecule has 0 amide bonds. The smallest absolute Gasteiger partial charge is 0.266 e. The molecule has 1 fully saturated rings. The van der Waals surface area contributed by atoms with E-state index in [1.807, 2.05) is 4.72 Å². The molecule has 2 aromatic rings. The molecule has 3 rings (SSSR count). The van der Waals surface area contributed by atoms with Gasteiger partial charge >= 0.3 is 0 Å². The van der Waals surface area contributed by atoms with Gasteiger partial charge in [0.2, 0.25) is 0 Å². The van der Waals surface area contributed by atoms with Crippen LogP contribution in [0, 0.1) is 10.9 Å². The van der Waals surface area contributed by atoms with E-state index in [9.17, 15) is 22.3 Å². The summed E-state index contributed by atoms with van der Waals surface area (Å²) < 4.78 is 54.2. The predicted octanol–water partition coefficient (Wildman–Crippen LogP) is 2.38. The van der Waals surface area contributed by atoms with Crippen LogP contribution < -0.4 is 20.7 Å². The lowest BCUT2D eigenvalue weighted by Gasteiger charge is -2.13. The summed E-state index contributed by atoms with van der Waals surface area (Å²) in [6.07, 6.45) is 3.02. The number of nitrogens with one attached hydrogen (secondary N) is 4. The Morgan fingerprint density at radius 1 is 1.29 bits per heavy atom. The molecule has 1 aromatic carbocycles. The number of nitrogens with zero attached hydrogens (tertiary/aromatic N) is 1. The number of hydrogen-bond acceptors (Lipinski definition) is 8. The Labute approximate surface area is 188 Å². The second-order valence-electron chi connectivity index (χ2n) is 7.17. The maximum Gasteiger partial charge on any atom is 0.266 e. The molecule has 5 N–H and O–H groups in total. The fourth-order valence-corrected chi connectivity index (χ4v) is 5.34. The molecular weight excluding hydrogens is 472 g/mol. The fraction of sp³-hybridized carbons (Fsp3) is 0.500. The topological polar surface area (TPSA) is 115 Å². The maximum atomic E-state index is 14.4. The number of rotatable bonds is 11. The lowest BCUT2D eigenvalue weighted by atomic mass is 10.2. The number of halogens is 3. The minimum absolute atomic E-state index is 0.0519. The zero-order chi connectivity index (χ0) is 22.4. The maximum absolute atomic E-state index is 14.4. The van der Waals surface area contributed by atoms with Gasteiger partial charge in [0.1, 0.15) is 10.7 Å². The Balaban J connectivity index is 1.45. The van der Waals surface area contributed by atoms with Gasteiger partial charge in [0.05, 0.1) is 23.0 Å². The molecule has 0 spiro atoms. The summed E-state index contributed by atoms with van der Waals surface area (Å²) in [5.41, 5.74) is 0.288. The van der Waals surface area contributed by atoms with Gasteiger partial charge in [-0.05, 0) is 37.9 Å². The number of β-amino-alcohol motifs (C(OH)–C–C–N with tert-alkyl or cyclic N) is 1. The van der Waals surface area contributed by atoms with Crippen molar-refractivity contribution >= 4 is 43.8 Å². The van der Waals surface area contributed by atoms with Crippen LogP contribution in [0.3, 0.4) is 0 Å². The number of benzene rings is 1. The molecule has 0 aliphatic carbocycles. The predicted molar refractivity (Wildman–Crippen MR) is 117 cm³/mol. The number of anilines is 2. The normalized spacial score (nSPS) is 19.0. The van der Waals surface area contributed by atoms with E-state index in [0.29, 0.717) is 24.4 Å². The first kappa shape index (κ1) is 24.1. The minimum atomic E-state index is -4.30. The minimum Gasteiger partial charge on any atom is -0.392 e. The first-order chi connectivity index (χ1) is 14.7. The Bertz CT molecular complexity index is 993. The first-order valence-electron chi connectivity index (χ1n) is 9.74. The van der Waals surface area contributed by atoms with E-state index in [0.717, 1.165) is 50.7 Å². The third-order valence-electron chi connectivity index (χ3n) is 4.70. The van der Waals surface area contributed by atoms with Gasteiger partial charge in [-0.1, -0.05) is 22.9 Å². The molecule has 1 aromatic heterocycles. The van der Waals surface area contributed by atoms with Crippen LogP contribution in [-0.4, -0.2) is 56.8 Å². The Hall–Kier alpha value is -1.57. The molecule has 1 saturated heterocycles. The zero-order valence-corrected chi connectivity index (χ0v) is 18.9. The average Bonchev–Trinajstić information content (AvgIpc) is 3.30. The van der Waals surface area contributed by atoms with E-state index in [1.54, 1.807) is 0 Å². The summed E-state index contributed by atoms with van der Waals surface area (Å²) in [5, 5.41) is 18.2. The number of aromatic nitrogens is 1. The highest BCUT2D eigenvalue weighted by Gasteiger charge is 2.23. The highest BCUT2D eigenvalue weighted by atomic mass is 35.5. The molecule has 31 heavy (non-hydrogen) atoms. The van der Waals surface area contributed by atoms with Crippen LogP contribution in [-0.2, 0) is 10.0 Å². The van der Waals surface area contributed by atoms with Crippen LogP contribution in [0.4, 0.5) is 19.6 Å². The molecule has 0 radical (unpaired) electrons. The van der Waals surface area contributed by atoms with Crippen molar-refractivity contribution < 1.29 is 22.3 Å². The average molecular weight is 496 g/mol. The van der Waals surface area contributed by atoms with Gasteiger partial charge in [0.25, 0.3) is 10.0 Å². The Kier molecular flexibility index (Phi) is 8.42. The Morgan fingerprint density at radius 3 is 2.74 bits per heavy atom. The molecule has 0 bridgehead atoms. The van der Waals surface area contributed by atoms with Crippen molar-refractivity contribution in [3.63, 3.8) is 0 Å². The van der Waals surface area contributed by atoms with Crippen LogP contribution in [0.15, 0.2) is 23.2 Å². The second-order valence-corrected chi connectivity index (χ2v) is 10.2. The van der Waals surface area contributed by atoms with E-state index < -0.39 is 25.9 Å². The highest BCUT2D eigenvalue weighted by molar-refractivity contribution is 7.93. The second kappa shape index (κ2) is 10.8. The van der Waals surface area contributed by atoms with E-state index >= 15 is 0 Å². The standard InChI is InChI=1S/C18H24ClF2N5O3S2/c19-13-6-16(31(28,29)26-18-25-10-17(21)30-18)14(20)7-15(13)23-4-2-1-3-22-8-11-5-12(27)9-24-11/h6-7,10-12,22-24,27H,1-5,8-9H2,(H,25,26)/t11-,12-/m0/s1. The monoisotopic (exact) mass is 495 g/mol. The number of thiazole rings is 1. The summed E-state index contributed by atoms with van der Waals surface area (Å²) in [7, 11) is -4.30. The van der Waals surface area contributed by atoms with Crippen molar-refractivity contribution in [2.45, 2.75) is 36.3 Å². The van der Waals surface area contributed by atoms with E-state index in [1.165, 1.54) is 0 Å². The third-order valence-corrected chi connectivity index (χ3v) is 7.19. The van der Waals surface area contributed by atoms with Crippen molar-refractivity contribution in [1.82, 2.24) is 15.6 Å². The Morgan fingerprint density at radius 2 is 2.06 bits per heavy atom. The molecule has 0 unspecified atom stereocenters. The fourth-order valence-electron chi connectivity index (χ4n) is 3.17. The summed E-state index contributed by atoms with van der Waals surface area (Å²) in [6.45, 7) is 2.76. The largest absolute Gasteiger partial charge is 0.392 e. The molecule has 1 aliphatic rings. The van der Waals surface area contributed by atoms with E-state index in [2.05, 4.69) is 20.9 Å². The molecule has 172 valence electrons. The molecule has 13 heteroatoms. The zero-order valence-electron chi connectivity index (χ0n) is 16.5. The van der Waals surface area contributed by atoms with Gasteiger partial charge in [0.15, 0.2) is 10.3 Å². The number of hydrogen-bond donors (Lipinski definition) is 5. The SMILES string of the molecule is O=S(=O)(Nc1ncc(F)s1)c1cc(Cl)c(NCCCCNC[C@@H]2C[C@H](O)CN2)cc1F. The van der Waals surface area contributed by atoms with Gasteiger partial charge in [-0.2, -0.15) is 4.39 Å². The summed E-state index contributed by atoms with van der Waals surface area (Å²) >= 11 is 6.62. The van der Waals surface area contributed by atoms with Crippen LogP contribution in [0.5, 0.6) is 0 Å². The first-order valence-corrected chi connectivity index (χ1v) is 12.4. The summed E-state index contributed by atoms with van der Waals surface area (Å²) in [4.78, 5) is 2.91. The summed E-state index contributed by atoms with van der Waals surface area (Å²) in [5.74, 6) is -0.982. The van der Waals surface area contributed by atoms with Crippen molar-refractivity contribution in [1.29, 1.82) is 0 Å². The van der Waals surface area contributed by atoms with Crippen molar-refractivity contribution in [2.75, 3.05) is 36.2 Å². The van der Waals surface area contributed by atoms with Crippen LogP contribution in [0.25, 0.3) is 0 Å². The quantitative estimate of drug-likeness (QED) is 0.304. The molecular formula is C18H24ClF2N5O3S2. The number of aliphatic hydroxyl groups excluding tert-OH is 1. The molecule has 1 aliphatic heterocycles. The number of unbranched alkanes of at least 4 members (excludes halogenated alkanes) is 1. The molecule has 2 atom stereocenters. The van der Waals surface area contributed by atoms with Crippen molar-refractivity contribution in [3.8, 4) is 0 Å². The summed E-state index contributed by atoms with van der Waals surface area (Å²) in [6, 6.07) is 2.32. The molecule has 8 nitrogen and oxygen atoms in total. The van der Waals surface area contributed by atoms with Gasteiger partial charge in [-0.15, -0.1) is 0 Å². The van der Waals surface area contributed by atoms with Gasteiger partial charge < -0.3 is 21.1 Å². The number of aliphatic hydroxyl groups is 1. The van der Waals surface area contributed by atoms with Crippen LogP contribution in [0.1, 0.15) is 19.3 Å². The van der Waals surface area contributed by atoms with Crippen molar-refractivity contribution in [3.05, 3.63) is 34.3 Å². The van der Waals surface area contributed by atoms with E-state index in [-0.39, 0.29) is 28.0 Å². The lowest BCUT2D eigenvalue weighted by molar-refractivity contribution is 0.193. The number of sulfonamides is 1. The van der Waals surface area contributed by atoms with Crippen molar-refractivity contribution in [2.24, 2.45) is 0 Å². The van der Waals surface area contributed by atoms with Gasteiger partial charge in [-0.25, -0.2) is 17.8 Å². The van der Waals surface area contributed by atoms with Gasteiger partial charge in [0, 0.05) is 25.7 Å². The molecule has 0 saturated carbocycles. The van der Waals surface area contributed by atoms with Crippen LogP contribution in [0.2, 0.25) is 5.02 Å².